The number of piperazine rings is 1. The van der Waals surface area contributed by atoms with E-state index in [1.54, 1.807) is 0 Å². The monoisotopic (exact) mass is 416 g/mol. The first kappa shape index (κ1) is 20.8. The van der Waals surface area contributed by atoms with Gasteiger partial charge in [0, 0.05) is 44.5 Å². The van der Waals surface area contributed by atoms with Crippen LogP contribution in [-0.4, -0.2) is 47.1 Å². The number of hydrogen-bond donors (Lipinski definition) is 2. The van der Waals surface area contributed by atoms with Crippen molar-refractivity contribution >= 4 is 23.4 Å². The summed E-state index contributed by atoms with van der Waals surface area (Å²) in [5.41, 5.74) is 4.30. The van der Waals surface area contributed by atoms with E-state index in [9.17, 15) is 4.79 Å². The van der Waals surface area contributed by atoms with Gasteiger partial charge in [0.1, 0.15) is 18.0 Å². The molecule has 7 heteroatoms. The zero-order valence-electron chi connectivity index (χ0n) is 18.0. The summed E-state index contributed by atoms with van der Waals surface area (Å²) in [6.07, 6.45) is 1.50. The second kappa shape index (κ2) is 9.57. The fraction of sp³-hybridized carbons (Fsp3) is 0.292. The number of nitrogens with zero attached hydrogens (tertiary/aromatic N) is 4. The highest BCUT2D eigenvalue weighted by atomic mass is 16.2. The van der Waals surface area contributed by atoms with Crippen molar-refractivity contribution in [2.75, 3.05) is 41.7 Å². The van der Waals surface area contributed by atoms with Crippen LogP contribution in [0.3, 0.4) is 0 Å². The van der Waals surface area contributed by atoms with Gasteiger partial charge in [0.15, 0.2) is 0 Å². The van der Waals surface area contributed by atoms with Crippen molar-refractivity contribution in [2.24, 2.45) is 0 Å². The first-order chi connectivity index (χ1) is 15.1. The maximum absolute atomic E-state index is 12.4. The standard InChI is InChI=1S/C24H28N6O/c1-18-8-9-21(19(2)14-18)27-24(31)28-22-15-23(26-17-25-22)30-12-10-29(11-13-30)16-20-6-4-3-5-7-20/h3-9,14-15,17H,10-13,16H2,1-2H3,(H2,25,26,27,28,31). The molecule has 7 nitrogen and oxygen atoms in total. The first-order valence-corrected chi connectivity index (χ1v) is 10.6. The number of aryl methyl sites for hydroxylation is 2. The third-order valence-electron chi connectivity index (χ3n) is 5.47. The van der Waals surface area contributed by atoms with E-state index in [4.69, 9.17) is 0 Å². The van der Waals surface area contributed by atoms with Crippen LogP contribution >= 0.6 is 0 Å². The summed E-state index contributed by atoms with van der Waals surface area (Å²) in [6, 6.07) is 18.0. The smallest absolute Gasteiger partial charge is 0.324 e. The van der Waals surface area contributed by atoms with Crippen molar-refractivity contribution < 1.29 is 4.79 Å². The van der Waals surface area contributed by atoms with Crippen molar-refractivity contribution in [1.82, 2.24) is 14.9 Å². The molecule has 1 aliphatic rings. The Balaban J connectivity index is 1.32. The summed E-state index contributed by atoms with van der Waals surface area (Å²) in [7, 11) is 0. The Morgan fingerprint density at radius 1 is 0.935 bits per heavy atom. The third kappa shape index (κ3) is 5.58. The predicted molar refractivity (Wildman–Crippen MR) is 125 cm³/mol. The fourth-order valence-corrected chi connectivity index (χ4v) is 3.79. The lowest BCUT2D eigenvalue weighted by atomic mass is 10.1. The number of hydrogen-bond acceptors (Lipinski definition) is 5. The lowest BCUT2D eigenvalue weighted by molar-refractivity contribution is 0.249. The Morgan fingerprint density at radius 2 is 1.71 bits per heavy atom. The molecule has 0 spiro atoms. The van der Waals surface area contributed by atoms with E-state index in [1.807, 2.05) is 44.2 Å². The molecule has 0 atom stereocenters. The van der Waals surface area contributed by atoms with Crippen LogP contribution in [0.25, 0.3) is 0 Å². The molecule has 0 bridgehead atoms. The van der Waals surface area contributed by atoms with Gasteiger partial charge in [0.2, 0.25) is 0 Å². The quantitative estimate of drug-likeness (QED) is 0.656. The van der Waals surface area contributed by atoms with Crippen LogP contribution in [0.4, 0.5) is 22.1 Å². The van der Waals surface area contributed by atoms with Gasteiger partial charge in [-0.05, 0) is 31.0 Å². The maximum Gasteiger partial charge on any atom is 0.324 e. The number of urea groups is 1. The highest BCUT2D eigenvalue weighted by Crippen LogP contribution is 2.19. The van der Waals surface area contributed by atoms with Gasteiger partial charge in [-0.2, -0.15) is 0 Å². The minimum Gasteiger partial charge on any atom is -0.354 e. The molecule has 0 saturated carbocycles. The Hall–Kier alpha value is -3.45. The van der Waals surface area contributed by atoms with Gasteiger partial charge in [-0.25, -0.2) is 14.8 Å². The number of carbonyl (C=O) groups excluding carboxylic acids is 1. The number of anilines is 3. The van der Waals surface area contributed by atoms with Gasteiger partial charge in [-0.15, -0.1) is 0 Å². The SMILES string of the molecule is Cc1ccc(NC(=O)Nc2cc(N3CCN(Cc4ccccc4)CC3)ncn2)c(C)c1. The molecular weight excluding hydrogens is 388 g/mol. The van der Waals surface area contributed by atoms with Crippen LogP contribution in [0.1, 0.15) is 16.7 Å². The normalized spacial score (nSPS) is 14.3. The summed E-state index contributed by atoms with van der Waals surface area (Å²) in [6.45, 7) is 8.67. The van der Waals surface area contributed by atoms with E-state index in [1.165, 1.54) is 11.9 Å². The molecule has 1 saturated heterocycles. The fourth-order valence-electron chi connectivity index (χ4n) is 3.79. The van der Waals surface area contributed by atoms with E-state index in [2.05, 4.69) is 54.7 Å². The van der Waals surface area contributed by atoms with E-state index in [-0.39, 0.29) is 6.03 Å². The summed E-state index contributed by atoms with van der Waals surface area (Å²) >= 11 is 0. The molecule has 2 amide bonds. The van der Waals surface area contributed by atoms with E-state index >= 15 is 0 Å². The average molecular weight is 417 g/mol. The van der Waals surface area contributed by atoms with Gasteiger partial charge in [-0.1, -0.05) is 48.0 Å². The van der Waals surface area contributed by atoms with Gasteiger partial charge in [-0.3, -0.25) is 10.2 Å². The minimum atomic E-state index is -0.315. The Bertz CT molecular complexity index is 1030. The molecule has 4 rings (SSSR count). The van der Waals surface area contributed by atoms with Crippen molar-refractivity contribution in [1.29, 1.82) is 0 Å². The third-order valence-corrected chi connectivity index (χ3v) is 5.47. The van der Waals surface area contributed by atoms with Crippen LogP contribution in [0, 0.1) is 13.8 Å². The molecule has 0 radical (unpaired) electrons. The molecule has 2 heterocycles. The van der Waals surface area contributed by atoms with Crippen molar-refractivity contribution in [3.63, 3.8) is 0 Å². The van der Waals surface area contributed by atoms with E-state index in [0.29, 0.717) is 5.82 Å². The molecule has 1 aromatic heterocycles. The van der Waals surface area contributed by atoms with Crippen LogP contribution < -0.4 is 15.5 Å². The van der Waals surface area contributed by atoms with Crippen LogP contribution in [0.2, 0.25) is 0 Å². The number of nitrogens with one attached hydrogen (secondary N) is 2. The zero-order valence-corrected chi connectivity index (χ0v) is 18.0. The summed E-state index contributed by atoms with van der Waals surface area (Å²) in [5, 5.41) is 5.70. The van der Waals surface area contributed by atoms with Gasteiger partial charge < -0.3 is 10.2 Å². The second-order valence-corrected chi connectivity index (χ2v) is 7.91. The molecule has 160 valence electrons. The molecule has 0 unspecified atom stereocenters. The van der Waals surface area contributed by atoms with E-state index in [0.717, 1.165) is 55.4 Å². The van der Waals surface area contributed by atoms with Crippen LogP contribution in [0.5, 0.6) is 0 Å². The minimum absolute atomic E-state index is 0.315. The Kier molecular flexibility index (Phi) is 6.43. The predicted octanol–water partition coefficient (Wildman–Crippen LogP) is 4.06. The number of carbonyl (C=O) groups is 1. The van der Waals surface area contributed by atoms with Crippen molar-refractivity contribution in [2.45, 2.75) is 20.4 Å². The molecule has 2 aromatic carbocycles. The van der Waals surface area contributed by atoms with Crippen LogP contribution in [0.15, 0.2) is 60.9 Å². The number of rotatable bonds is 5. The second-order valence-electron chi connectivity index (χ2n) is 7.91. The van der Waals surface area contributed by atoms with Gasteiger partial charge in [0.05, 0.1) is 0 Å². The molecule has 2 N–H and O–H groups in total. The lowest BCUT2D eigenvalue weighted by Gasteiger charge is -2.35. The maximum atomic E-state index is 12.4. The molecule has 0 aliphatic carbocycles. The van der Waals surface area contributed by atoms with Crippen molar-refractivity contribution in [3.8, 4) is 0 Å². The largest absolute Gasteiger partial charge is 0.354 e. The topological polar surface area (TPSA) is 73.4 Å². The molecule has 1 aliphatic heterocycles. The lowest BCUT2D eigenvalue weighted by Crippen LogP contribution is -2.46. The Morgan fingerprint density at radius 3 is 2.45 bits per heavy atom. The first-order valence-electron chi connectivity index (χ1n) is 10.6. The summed E-state index contributed by atoms with van der Waals surface area (Å²) < 4.78 is 0. The Labute approximate surface area is 183 Å². The zero-order chi connectivity index (χ0) is 21.6. The van der Waals surface area contributed by atoms with Crippen LogP contribution in [-0.2, 0) is 6.54 Å². The molecule has 1 fully saturated rings. The highest BCUT2D eigenvalue weighted by Gasteiger charge is 2.19. The highest BCUT2D eigenvalue weighted by molar-refractivity contribution is 5.99. The molecule has 31 heavy (non-hydrogen) atoms. The summed E-state index contributed by atoms with van der Waals surface area (Å²) in [5.74, 6) is 1.31. The number of benzene rings is 2. The van der Waals surface area contributed by atoms with Gasteiger partial charge in [0.25, 0.3) is 0 Å². The number of amides is 2. The summed E-state index contributed by atoms with van der Waals surface area (Å²) in [4.78, 5) is 25.7. The molecule has 3 aromatic rings. The number of aromatic nitrogens is 2. The van der Waals surface area contributed by atoms with Crippen molar-refractivity contribution in [3.05, 3.63) is 77.6 Å². The molecular formula is C24H28N6O. The van der Waals surface area contributed by atoms with Gasteiger partial charge >= 0.3 is 6.03 Å². The average Bonchev–Trinajstić information content (AvgIpc) is 2.77. The van der Waals surface area contributed by atoms with E-state index < -0.39 is 0 Å².